The first-order chi connectivity index (χ1) is 12.7. The van der Waals surface area contributed by atoms with Crippen LogP contribution < -0.4 is 16.4 Å². The van der Waals surface area contributed by atoms with Crippen molar-refractivity contribution in [2.45, 2.75) is 44.7 Å². The van der Waals surface area contributed by atoms with Gasteiger partial charge in [-0.15, -0.1) is 0 Å². The van der Waals surface area contributed by atoms with Gasteiger partial charge in [0, 0.05) is 18.5 Å². The van der Waals surface area contributed by atoms with Gasteiger partial charge in [-0.25, -0.2) is 0 Å². The van der Waals surface area contributed by atoms with Gasteiger partial charge < -0.3 is 16.4 Å². The molecule has 0 heterocycles. The number of unbranched alkanes of at least 4 members (excludes halogenated alkanes) is 1. The van der Waals surface area contributed by atoms with Crippen molar-refractivity contribution in [1.82, 2.24) is 10.6 Å². The molecule has 0 saturated heterocycles. The summed E-state index contributed by atoms with van der Waals surface area (Å²) in [6.45, 7) is 4.03. The van der Waals surface area contributed by atoms with E-state index in [-0.39, 0.29) is 12.5 Å². The zero-order chi connectivity index (χ0) is 18.6. The fourth-order valence-corrected chi connectivity index (χ4v) is 2.82. The van der Waals surface area contributed by atoms with Crippen LogP contribution in [0.15, 0.2) is 60.7 Å². The molecule has 0 bridgehead atoms. The molecule has 3 rings (SSSR count). The van der Waals surface area contributed by atoms with Crippen LogP contribution in [-0.4, -0.2) is 25.0 Å². The molecule has 1 aliphatic rings. The Kier molecular flexibility index (Phi) is 8.87. The van der Waals surface area contributed by atoms with Crippen molar-refractivity contribution in [3.63, 3.8) is 0 Å². The second-order valence-corrected chi connectivity index (χ2v) is 6.63. The van der Waals surface area contributed by atoms with Crippen LogP contribution in [-0.2, 0) is 11.3 Å². The summed E-state index contributed by atoms with van der Waals surface area (Å²) in [4.78, 5) is 10.7. The first-order valence-electron chi connectivity index (χ1n) is 9.53. The number of hydrogen-bond donors (Lipinski definition) is 3. The van der Waals surface area contributed by atoms with Crippen molar-refractivity contribution >= 4 is 5.91 Å². The molecule has 1 saturated carbocycles. The zero-order valence-electron chi connectivity index (χ0n) is 15.7. The number of carbonyl (C=O) groups excluding carboxylic acids is 1. The highest BCUT2D eigenvalue weighted by molar-refractivity contribution is 5.77. The third-order valence-corrected chi connectivity index (χ3v) is 4.47. The van der Waals surface area contributed by atoms with Crippen LogP contribution in [0.2, 0.25) is 0 Å². The molecular formula is C22H31N3O. The summed E-state index contributed by atoms with van der Waals surface area (Å²) in [7, 11) is 0. The second-order valence-electron chi connectivity index (χ2n) is 6.63. The lowest BCUT2D eigenvalue weighted by Gasteiger charge is -2.02. The van der Waals surface area contributed by atoms with Crippen molar-refractivity contribution in [2.24, 2.45) is 5.73 Å². The lowest BCUT2D eigenvalue weighted by Crippen LogP contribution is -2.29. The standard InChI is InChI=1S/C13H19N.C9H12N2O/c1-2-3-9-14-13-10-12(13)11-7-5-4-6-8-11;10-6-9(12)11-7-8-4-2-1-3-5-8/h4-8,12-14H,2-3,9-10H2,1H3;1-5H,6-7,10H2,(H,11,12). The number of rotatable bonds is 8. The Morgan fingerprint density at radius 3 is 2.35 bits per heavy atom. The van der Waals surface area contributed by atoms with Crippen LogP contribution in [0.1, 0.15) is 43.2 Å². The van der Waals surface area contributed by atoms with E-state index >= 15 is 0 Å². The van der Waals surface area contributed by atoms with E-state index < -0.39 is 0 Å². The molecule has 1 amide bonds. The predicted molar refractivity (Wildman–Crippen MR) is 108 cm³/mol. The van der Waals surface area contributed by atoms with Crippen molar-refractivity contribution in [1.29, 1.82) is 0 Å². The Balaban J connectivity index is 0.000000190. The maximum absolute atomic E-state index is 10.7. The summed E-state index contributed by atoms with van der Waals surface area (Å²) >= 11 is 0. The van der Waals surface area contributed by atoms with E-state index in [0.29, 0.717) is 6.54 Å². The number of benzene rings is 2. The van der Waals surface area contributed by atoms with Crippen LogP contribution in [0, 0.1) is 0 Å². The fraction of sp³-hybridized carbons (Fsp3) is 0.409. The molecule has 2 atom stereocenters. The van der Waals surface area contributed by atoms with E-state index in [1.165, 1.54) is 31.4 Å². The van der Waals surface area contributed by atoms with Gasteiger partial charge in [0.15, 0.2) is 0 Å². The Labute approximate surface area is 157 Å². The second kappa shape index (κ2) is 11.4. The Morgan fingerprint density at radius 1 is 1.08 bits per heavy atom. The maximum atomic E-state index is 10.7. The van der Waals surface area contributed by atoms with Gasteiger partial charge in [-0.3, -0.25) is 4.79 Å². The molecule has 0 radical (unpaired) electrons. The average Bonchev–Trinajstić information content (AvgIpc) is 3.48. The number of carbonyl (C=O) groups is 1. The molecule has 4 heteroatoms. The summed E-state index contributed by atoms with van der Waals surface area (Å²) in [6.07, 6.45) is 3.92. The average molecular weight is 354 g/mol. The van der Waals surface area contributed by atoms with Gasteiger partial charge in [0.2, 0.25) is 5.91 Å². The lowest BCUT2D eigenvalue weighted by molar-refractivity contribution is -0.119. The largest absolute Gasteiger partial charge is 0.351 e. The Bertz CT molecular complexity index is 630. The molecule has 2 aromatic carbocycles. The molecule has 1 aliphatic carbocycles. The number of nitrogens with two attached hydrogens (primary N) is 1. The lowest BCUT2D eigenvalue weighted by atomic mass is 10.1. The molecule has 0 spiro atoms. The van der Waals surface area contributed by atoms with Gasteiger partial charge >= 0.3 is 0 Å². The van der Waals surface area contributed by atoms with E-state index in [1.807, 2.05) is 30.3 Å². The molecular weight excluding hydrogens is 322 g/mol. The first-order valence-corrected chi connectivity index (χ1v) is 9.53. The molecule has 2 unspecified atom stereocenters. The van der Waals surface area contributed by atoms with E-state index in [0.717, 1.165) is 17.5 Å². The van der Waals surface area contributed by atoms with E-state index in [1.54, 1.807) is 0 Å². The zero-order valence-corrected chi connectivity index (χ0v) is 15.7. The van der Waals surface area contributed by atoms with E-state index in [2.05, 4.69) is 47.9 Å². The van der Waals surface area contributed by atoms with Crippen molar-refractivity contribution < 1.29 is 4.79 Å². The SMILES string of the molecule is CCCCNC1CC1c1ccccc1.NCC(=O)NCc1ccccc1. The van der Waals surface area contributed by atoms with Gasteiger partial charge in [0.25, 0.3) is 0 Å². The summed E-state index contributed by atoms with van der Waals surface area (Å²) in [5, 5.41) is 6.29. The molecule has 1 fully saturated rings. The third kappa shape index (κ3) is 7.38. The summed E-state index contributed by atoms with van der Waals surface area (Å²) in [6, 6.07) is 21.3. The highest BCUT2D eigenvalue weighted by atomic mass is 16.1. The van der Waals surface area contributed by atoms with Gasteiger partial charge in [0.1, 0.15) is 0 Å². The minimum atomic E-state index is -0.126. The van der Waals surface area contributed by atoms with Crippen molar-refractivity contribution in [3.05, 3.63) is 71.8 Å². The van der Waals surface area contributed by atoms with Gasteiger partial charge in [-0.1, -0.05) is 74.0 Å². The minimum absolute atomic E-state index is 0.0484. The van der Waals surface area contributed by atoms with Crippen molar-refractivity contribution in [2.75, 3.05) is 13.1 Å². The molecule has 0 aromatic heterocycles. The predicted octanol–water partition coefficient (Wildman–Crippen LogP) is 3.19. The summed E-state index contributed by atoms with van der Waals surface area (Å²) in [5.74, 6) is 0.659. The Hall–Kier alpha value is -2.17. The number of amides is 1. The maximum Gasteiger partial charge on any atom is 0.234 e. The van der Waals surface area contributed by atoms with Crippen LogP contribution in [0.5, 0.6) is 0 Å². The van der Waals surface area contributed by atoms with Crippen LogP contribution >= 0.6 is 0 Å². The van der Waals surface area contributed by atoms with Gasteiger partial charge in [-0.05, 0) is 30.5 Å². The van der Waals surface area contributed by atoms with Crippen molar-refractivity contribution in [3.8, 4) is 0 Å². The highest BCUT2D eigenvalue weighted by Crippen LogP contribution is 2.40. The molecule has 4 N–H and O–H groups in total. The van der Waals surface area contributed by atoms with E-state index in [4.69, 9.17) is 5.73 Å². The van der Waals surface area contributed by atoms with E-state index in [9.17, 15) is 4.79 Å². The number of hydrogen-bond acceptors (Lipinski definition) is 3. The highest BCUT2D eigenvalue weighted by Gasteiger charge is 2.37. The molecule has 26 heavy (non-hydrogen) atoms. The van der Waals surface area contributed by atoms with Gasteiger partial charge in [-0.2, -0.15) is 0 Å². The van der Waals surface area contributed by atoms with Gasteiger partial charge in [0.05, 0.1) is 6.54 Å². The summed E-state index contributed by atoms with van der Waals surface area (Å²) in [5.41, 5.74) is 7.71. The third-order valence-electron chi connectivity index (χ3n) is 4.47. The normalized spacial score (nSPS) is 17.8. The minimum Gasteiger partial charge on any atom is -0.351 e. The monoisotopic (exact) mass is 353 g/mol. The smallest absolute Gasteiger partial charge is 0.234 e. The first kappa shape index (κ1) is 20.1. The quantitative estimate of drug-likeness (QED) is 0.639. The molecule has 0 aliphatic heterocycles. The molecule has 4 nitrogen and oxygen atoms in total. The molecule has 140 valence electrons. The topological polar surface area (TPSA) is 67.1 Å². The van der Waals surface area contributed by atoms with Crippen LogP contribution in [0.25, 0.3) is 0 Å². The fourth-order valence-electron chi connectivity index (χ4n) is 2.82. The van der Waals surface area contributed by atoms with Crippen LogP contribution in [0.4, 0.5) is 0 Å². The number of nitrogens with one attached hydrogen (secondary N) is 2. The Morgan fingerprint density at radius 2 is 1.73 bits per heavy atom. The molecule has 2 aromatic rings. The summed E-state index contributed by atoms with van der Waals surface area (Å²) < 4.78 is 0. The van der Waals surface area contributed by atoms with Crippen LogP contribution in [0.3, 0.4) is 0 Å².